The fourth-order valence-corrected chi connectivity index (χ4v) is 3.75. The fourth-order valence-electron chi connectivity index (χ4n) is 2.45. The highest BCUT2D eigenvalue weighted by Crippen LogP contribution is 2.13. The molecule has 2 N–H and O–H groups in total. The van der Waals surface area contributed by atoms with Gasteiger partial charge in [-0.1, -0.05) is 13.0 Å². The average molecular weight is 395 g/mol. The Morgan fingerprint density at radius 3 is 2.88 bits per heavy atom. The van der Waals surface area contributed by atoms with Crippen LogP contribution in [0.25, 0.3) is 0 Å². The second-order valence-electron chi connectivity index (χ2n) is 6.43. The third-order valence-electron chi connectivity index (χ3n) is 4.13. The van der Waals surface area contributed by atoms with Gasteiger partial charge in [0.1, 0.15) is 12.4 Å². The first-order valence-corrected chi connectivity index (χ1v) is 11.3. The number of nitrogens with zero attached hydrogens (tertiary/aromatic N) is 4. The molecule has 0 aliphatic rings. The lowest BCUT2D eigenvalue weighted by Gasteiger charge is -2.16. The fraction of sp³-hybridized carbons (Fsp3) is 0.611. The summed E-state index contributed by atoms with van der Waals surface area (Å²) in [5.41, 5.74) is 0. The molecule has 6 nitrogen and oxygen atoms in total. The normalized spacial score (nSPS) is 13.0. The molecule has 0 saturated carbocycles. The van der Waals surface area contributed by atoms with Gasteiger partial charge in [-0.3, -0.25) is 0 Å². The van der Waals surface area contributed by atoms with Gasteiger partial charge in [0, 0.05) is 25.0 Å². The van der Waals surface area contributed by atoms with Crippen molar-refractivity contribution in [2.75, 3.05) is 25.1 Å². The van der Waals surface area contributed by atoms with Gasteiger partial charge in [0.25, 0.3) is 0 Å². The molecule has 2 aromatic rings. The maximum atomic E-state index is 4.70. The molecule has 0 bridgehead atoms. The first-order valence-electron chi connectivity index (χ1n) is 8.98. The van der Waals surface area contributed by atoms with Gasteiger partial charge in [0.05, 0.1) is 0 Å². The van der Waals surface area contributed by atoms with Crippen molar-refractivity contribution in [2.24, 2.45) is 18.0 Å². The summed E-state index contributed by atoms with van der Waals surface area (Å²) in [6.45, 7) is 6.55. The zero-order valence-corrected chi connectivity index (χ0v) is 17.8. The number of thiophene rings is 1. The third kappa shape index (κ3) is 6.99. The van der Waals surface area contributed by atoms with Crippen LogP contribution in [-0.4, -0.2) is 45.8 Å². The molecule has 26 heavy (non-hydrogen) atoms. The molecule has 1 atom stereocenters. The Morgan fingerprint density at radius 2 is 2.23 bits per heavy atom. The highest BCUT2D eigenvalue weighted by atomic mass is 32.2. The van der Waals surface area contributed by atoms with Crippen LogP contribution in [0.2, 0.25) is 0 Å². The molecular formula is C18H30N6S2. The predicted molar refractivity (Wildman–Crippen MR) is 113 cm³/mol. The summed E-state index contributed by atoms with van der Waals surface area (Å²) >= 11 is 3.69. The van der Waals surface area contributed by atoms with Crippen LogP contribution in [0.15, 0.2) is 22.5 Å². The average Bonchev–Trinajstić information content (AvgIpc) is 3.24. The Labute approximate surface area is 164 Å². The first kappa shape index (κ1) is 20.8. The lowest BCUT2D eigenvalue weighted by molar-refractivity contribution is 0.561. The molecule has 2 rings (SSSR count). The number of hydrogen-bond donors (Lipinski definition) is 2. The summed E-state index contributed by atoms with van der Waals surface area (Å²) in [6, 6.07) is 4.32. The summed E-state index contributed by atoms with van der Waals surface area (Å²) < 4.78 is 1.98. The Bertz CT molecular complexity index is 665. The van der Waals surface area contributed by atoms with E-state index in [2.05, 4.69) is 51.5 Å². The molecule has 0 saturated heterocycles. The Hall–Kier alpha value is -1.54. The zero-order chi connectivity index (χ0) is 18.8. The smallest absolute Gasteiger partial charge is 0.191 e. The predicted octanol–water partition coefficient (Wildman–Crippen LogP) is 2.85. The molecule has 0 spiro atoms. The molecule has 0 aromatic carbocycles. The molecule has 0 amide bonds. The zero-order valence-electron chi connectivity index (χ0n) is 16.2. The number of aryl methyl sites for hydroxylation is 1. The quantitative estimate of drug-likeness (QED) is 0.368. The number of hydrogen-bond acceptors (Lipinski definition) is 5. The van der Waals surface area contributed by atoms with E-state index in [-0.39, 0.29) is 0 Å². The molecule has 0 radical (unpaired) electrons. The molecule has 2 aromatic heterocycles. The topological polar surface area (TPSA) is 67.1 Å². The van der Waals surface area contributed by atoms with Gasteiger partial charge >= 0.3 is 0 Å². The Morgan fingerprint density at radius 1 is 1.38 bits per heavy atom. The van der Waals surface area contributed by atoms with Crippen LogP contribution in [0.3, 0.4) is 0 Å². The van der Waals surface area contributed by atoms with Crippen LogP contribution in [0.5, 0.6) is 0 Å². The minimum absolute atomic E-state index is 0.522. The largest absolute Gasteiger partial charge is 0.356 e. The van der Waals surface area contributed by atoms with Gasteiger partial charge in [-0.15, -0.1) is 21.5 Å². The molecule has 0 fully saturated rings. The van der Waals surface area contributed by atoms with E-state index in [1.807, 2.05) is 41.6 Å². The van der Waals surface area contributed by atoms with Crippen LogP contribution in [-0.2, 0) is 20.0 Å². The molecule has 144 valence electrons. The van der Waals surface area contributed by atoms with Crippen molar-refractivity contribution in [1.29, 1.82) is 0 Å². The number of rotatable bonds is 10. The maximum absolute atomic E-state index is 4.70. The SMILES string of the molecule is CSCCCNC(=NCc1nnc(C)n1C)NCC(C)Cc1cccs1. The molecule has 0 aliphatic heterocycles. The molecule has 2 heterocycles. The first-order chi connectivity index (χ1) is 12.6. The summed E-state index contributed by atoms with van der Waals surface area (Å²) in [5, 5.41) is 17.3. The van der Waals surface area contributed by atoms with Crippen molar-refractivity contribution in [1.82, 2.24) is 25.4 Å². The number of thioether (sulfide) groups is 1. The van der Waals surface area contributed by atoms with Crippen molar-refractivity contribution < 1.29 is 0 Å². The lowest BCUT2D eigenvalue weighted by atomic mass is 10.1. The molecule has 1 unspecified atom stereocenters. The van der Waals surface area contributed by atoms with Crippen LogP contribution in [0, 0.1) is 12.8 Å². The second kappa shape index (κ2) is 11.2. The van der Waals surface area contributed by atoms with Crippen molar-refractivity contribution in [3.63, 3.8) is 0 Å². The van der Waals surface area contributed by atoms with E-state index in [0.717, 1.165) is 49.3 Å². The minimum atomic E-state index is 0.522. The van der Waals surface area contributed by atoms with Gasteiger partial charge in [0.15, 0.2) is 11.8 Å². The van der Waals surface area contributed by atoms with Crippen molar-refractivity contribution in [3.8, 4) is 0 Å². The van der Waals surface area contributed by atoms with E-state index >= 15 is 0 Å². The van der Waals surface area contributed by atoms with Gasteiger partial charge in [-0.2, -0.15) is 11.8 Å². The summed E-state index contributed by atoms with van der Waals surface area (Å²) in [5.74, 6) is 4.33. The number of aromatic nitrogens is 3. The monoisotopic (exact) mass is 394 g/mol. The van der Waals surface area contributed by atoms with E-state index in [1.165, 1.54) is 4.88 Å². The number of aliphatic imine (C=N–C) groups is 1. The third-order valence-corrected chi connectivity index (χ3v) is 5.72. The number of nitrogens with one attached hydrogen (secondary N) is 2. The van der Waals surface area contributed by atoms with Crippen molar-refractivity contribution >= 4 is 29.1 Å². The Kier molecular flexibility index (Phi) is 8.97. The highest BCUT2D eigenvalue weighted by Gasteiger charge is 2.08. The molecule has 0 aliphatic carbocycles. The van der Waals surface area contributed by atoms with E-state index < -0.39 is 0 Å². The number of guanidine groups is 1. The van der Waals surface area contributed by atoms with Crippen molar-refractivity contribution in [2.45, 2.75) is 33.2 Å². The van der Waals surface area contributed by atoms with E-state index in [4.69, 9.17) is 4.99 Å². The van der Waals surface area contributed by atoms with Gasteiger partial charge in [-0.25, -0.2) is 4.99 Å². The minimum Gasteiger partial charge on any atom is -0.356 e. The van der Waals surface area contributed by atoms with E-state index in [0.29, 0.717) is 12.5 Å². The van der Waals surface area contributed by atoms with Gasteiger partial charge in [-0.05, 0) is 49.1 Å². The Balaban J connectivity index is 1.89. The summed E-state index contributed by atoms with van der Waals surface area (Å²) in [7, 11) is 1.97. The molecular weight excluding hydrogens is 364 g/mol. The lowest BCUT2D eigenvalue weighted by Crippen LogP contribution is -2.40. The summed E-state index contributed by atoms with van der Waals surface area (Å²) in [4.78, 5) is 6.13. The van der Waals surface area contributed by atoms with Crippen LogP contribution < -0.4 is 10.6 Å². The highest BCUT2D eigenvalue weighted by molar-refractivity contribution is 7.98. The standard InChI is InChI=1S/C18H30N6S2/c1-14(11-16-7-5-10-26-16)12-20-18(19-8-6-9-25-4)21-13-17-23-22-15(2)24(17)3/h5,7,10,14H,6,8-9,11-13H2,1-4H3,(H2,19,20,21). The maximum Gasteiger partial charge on any atom is 0.191 e. The molecule has 8 heteroatoms. The second-order valence-corrected chi connectivity index (χ2v) is 8.45. The van der Waals surface area contributed by atoms with E-state index in [1.54, 1.807) is 0 Å². The van der Waals surface area contributed by atoms with Crippen LogP contribution in [0.1, 0.15) is 29.9 Å². The van der Waals surface area contributed by atoms with Gasteiger partial charge < -0.3 is 15.2 Å². The van der Waals surface area contributed by atoms with Crippen LogP contribution >= 0.6 is 23.1 Å². The van der Waals surface area contributed by atoms with Crippen molar-refractivity contribution in [3.05, 3.63) is 34.0 Å². The van der Waals surface area contributed by atoms with Gasteiger partial charge in [0.2, 0.25) is 0 Å². The van der Waals surface area contributed by atoms with Crippen LogP contribution in [0.4, 0.5) is 0 Å². The summed E-state index contributed by atoms with van der Waals surface area (Å²) in [6.07, 6.45) is 4.35. The van der Waals surface area contributed by atoms with E-state index in [9.17, 15) is 0 Å².